The maximum absolute atomic E-state index is 12.1. The van der Waals surface area contributed by atoms with Crippen LogP contribution in [0, 0.1) is 0 Å². The predicted octanol–water partition coefficient (Wildman–Crippen LogP) is 2.16. The molecule has 0 fully saturated rings. The highest BCUT2D eigenvalue weighted by molar-refractivity contribution is 5.92. The minimum Gasteiger partial charge on any atom is -0.479 e. The van der Waals surface area contributed by atoms with E-state index in [1.807, 2.05) is 32.0 Å². The number of aliphatic carboxylic acids is 1. The molecule has 1 heterocycles. The van der Waals surface area contributed by atoms with Crippen molar-refractivity contribution < 1.29 is 14.7 Å². The summed E-state index contributed by atoms with van der Waals surface area (Å²) in [5.74, 6) is -1.22. The SMILES string of the molecule is CC(C)=CC(=O)N1CCc2ccccc2C1C(=O)O. The highest BCUT2D eigenvalue weighted by Gasteiger charge is 2.34. The third-order valence-electron chi connectivity index (χ3n) is 3.21. The van der Waals surface area contributed by atoms with Crippen LogP contribution in [0.15, 0.2) is 35.9 Å². The average molecular weight is 259 g/mol. The van der Waals surface area contributed by atoms with Crippen LogP contribution in [0.4, 0.5) is 0 Å². The van der Waals surface area contributed by atoms with Gasteiger partial charge >= 0.3 is 5.97 Å². The van der Waals surface area contributed by atoms with Gasteiger partial charge in [0.05, 0.1) is 0 Å². The first-order valence-corrected chi connectivity index (χ1v) is 6.27. The number of allylic oxidation sites excluding steroid dienone is 1. The van der Waals surface area contributed by atoms with E-state index in [1.54, 1.807) is 6.07 Å². The summed E-state index contributed by atoms with van der Waals surface area (Å²) in [6, 6.07) is 6.53. The molecule has 0 aliphatic carbocycles. The number of fused-ring (bicyclic) bond motifs is 1. The van der Waals surface area contributed by atoms with Crippen molar-refractivity contribution in [1.82, 2.24) is 4.90 Å². The highest BCUT2D eigenvalue weighted by Crippen LogP contribution is 2.30. The lowest BCUT2D eigenvalue weighted by Gasteiger charge is -2.34. The van der Waals surface area contributed by atoms with Crippen LogP contribution in [0.2, 0.25) is 0 Å². The number of hydrogen-bond acceptors (Lipinski definition) is 2. The second-order valence-corrected chi connectivity index (χ2v) is 4.94. The zero-order valence-electron chi connectivity index (χ0n) is 11.1. The summed E-state index contributed by atoms with van der Waals surface area (Å²) in [6.07, 6.45) is 2.19. The maximum Gasteiger partial charge on any atom is 0.331 e. The number of benzene rings is 1. The Morgan fingerprint density at radius 2 is 2.00 bits per heavy atom. The maximum atomic E-state index is 12.1. The number of hydrogen-bond donors (Lipinski definition) is 1. The van der Waals surface area contributed by atoms with Crippen LogP contribution in [0.1, 0.15) is 31.0 Å². The van der Waals surface area contributed by atoms with Gasteiger partial charge in [-0.25, -0.2) is 4.79 Å². The van der Waals surface area contributed by atoms with Gasteiger partial charge in [0, 0.05) is 12.6 Å². The Bertz CT molecular complexity index is 544. The van der Waals surface area contributed by atoms with Crippen molar-refractivity contribution >= 4 is 11.9 Å². The van der Waals surface area contributed by atoms with Crippen LogP contribution in [-0.2, 0) is 16.0 Å². The van der Waals surface area contributed by atoms with Crippen LogP contribution in [0.25, 0.3) is 0 Å². The largest absolute Gasteiger partial charge is 0.479 e. The molecule has 0 aromatic heterocycles. The number of amides is 1. The molecule has 1 atom stereocenters. The summed E-state index contributed by atoms with van der Waals surface area (Å²) in [4.78, 5) is 25.1. The molecular weight excluding hydrogens is 242 g/mol. The molecule has 1 aromatic rings. The average Bonchev–Trinajstić information content (AvgIpc) is 2.36. The zero-order chi connectivity index (χ0) is 14.0. The van der Waals surface area contributed by atoms with Crippen molar-refractivity contribution in [2.75, 3.05) is 6.54 Å². The van der Waals surface area contributed by atoms with Crippen molar-refractivity contribution in [3.63, 3.8) is 0 Å². The lowest BCUT2D eigenvalue weighted by molar-refractivity contribution is -0.149. The molecule has 19 heavy (non-hydrogen) atoms. The van der Waals surface area contributed by atoms with Gasteiger partial charge in [0.2, 0.25) is 5.91 Å². The van der Waals surface area contributed by atoms with E-state index in [9.17, 15) is 14.7 Å². The van der Waals surface area contributed by atoms with E-state index < -0.39 is 12.0 Å². The third kappa shape index (κ3) is 2.67. The lowest BCUT2D eigenvalue weighted by Crippen LogP contribution is -2.42. The van der Waals surface area contributed by atoms with Crippen molar-refractivity contribution in [3.05, 3.63) is 47.0 Å². The van der Waals surface area contributed by atoms with Gasteiger partial charge < -0.3 is 10.0 Å². The summed E-state index contributed by atoms with van der Waals surface area (Å²) in [7, 11) is 0. The normalized spacial score (nSPS) is 17.6. The Morgan fingerprint density at radius 1 is 1.32 bits per heavy atom. The van der Waals surface area contributed by atoms with E-state index >= 15 is 0 Å². The lowest BCUT2D eigenvalue weighted by atomic mass is 9.92. The molecule has 1 N–H and O–H groups in total. The van der Waals surface area contributed by atoms with E-state index in [0.29, 0.717) is 13.0 Å². The monoisotopic (exact) mass is 259 g/mol. The minimum atomic E-state index is -0.984. The standard InChI is InChI=1S/C15H17NO3/c1-10(2)9-13(17)16-8-7-11-5-3-4-6-12(11)14(16)15(18)19/h3-6,9,14H,7-8H2,1-2H3,(H,18,19). The first kappa shape index (κ1) is 13.3. The smallest absolute Gasteiger partial charge is 0.331 e. The molecule has 0 radical (unpaired) electrons. The van der Waals surface area contributed by atoms with Crippen molar-refractivity contribution in [2.24, 2.45) is 0 Å². The molecule has 1 aromatic carbocycles. The number of carbonyl (C=O) groups is 2. The van der Waals surface area contributed by atoms with E-state index in [1.165, 1.54) is 11.0 Å². The first-order valence-electron chi connectivity index (χ1n) is 6.27. The van der Waals surface area contributed by atoms with Gasteiger partial charge in [-0.05, 0) is 31.4 Å². The van der Waals surface area contributed by atoms with Crippen LogP contribution in [0.3, 0.4) is 0 Å². The number of carbonyl (C=O) groups excluding carboxylic acids is 1. The van der Waals surface area contributed by atoms with Crippen molar-refractivity contribution in [2.45, 2.75) is 26.3 Å². The summed E-state index contributed by atoms with van der Waals surface area (Å²) in [5, 5.41) is 9.42. The molecule has 1 aliphatic rings. The molecule has 0 saturated heterocycles. The van der Waals surface area contributed by atoms with Crippen molar-refractivity contribution in [1.29, 1.82) is 0 Å². The van der Waals surface area contributed by atoms with Gasteiger partial charge in [0.1, 0.15) is 0 Å². The topological polar surface area (TPSA) is 57.6 Å². The third-order valence-corrected chi connectivity index (χ3v) is 3.21. The molecule has 0 saturated carbocycles. The fraction of sp³-hybridized carbons (Fsp3) is 0.333. The molecule has 4 nitrogen and oxygen atoms in total. The molecule has 1 amide bonds. The molecular formula is C15H17NO3. The van der Waals surface area contributed by atoms with Gasteiger partial charge in [-0.1, -0.05) is 29.8 Å². The molecule has 4 heteroatoms. The Kier molecular flexibility index (Phi) is 3.69. The second-order valence-electron chi connectivity index (χ2n) is 4.94. The summed E-state index contributed by atoms with van der Waals surface area (Å²) >= 11 is 0. The summed E-state index contributed by atoms with van der Waals surface area (Å²) in [5.41, 5.74) is 2.60. The molecule has 2 rings (SSSR count). The van der Waals surface area contributed by atoms with Crippen LogP contribution in [0.5, 0.6) is 0 Å². The van der Waals surface area contributed by atoms with Crippen LogP contribution >= 0.6 is 0 Å². The molecule has 1 unspecified atom stereocenters. The van der Waals surface area contributed by atoms with Crippen LogP contribution in [-0.4, -0.2) is 28.4 Å². The Hall–Kier alpha value is -2.10. The molecule has 0 bridgehead atoms. The minimum absolute atomic E-state index is 0.234. The Balaban J connectivity index is 2.40. The fourth-order valence-corrected chi connectivity index (χ4v) is 2.40. The van der Waals surface area contributed by atoms with Gasteiger partial charge in [-0.15, -0.1) is 0 Å². The van der Waals surface area contributed by atoms with Crippen molar-refractivity contribution in [3.8, 4) is 0 Å². The van der Waals surface area contributed by atoms with E-state index in [2.05, 4.69) is 0 Å². The molecule has 1 aliphatic heterocycles. The first-order chi connectivity index (χ1) is 9.00. The second kappa shape index (κ2) is 5.26. The Labute approximate surface area is 112 Å². The van der Waals surface area contributed by atoms with Gasteiger partial charge in [0.15, 0.2) is 6.04 Å². The van der Waals surface area contributed by atoms with Gasteiger partial charge in [0.25, 0.3) is 0 Å². The highest BCUT2D eigenvalue weighted by atomic mass is 16.4. The number of nitrogens with zero attached hydrogens (tertiary/aromatic N) is 1. The number of carboxylic acids is 1. The summed E-state index contributed by atoms with van der Waals surface area (Å²) < 4.78 is 0. The van der Waals surface area contributed by atoms with E-state index in [0.717, 1.165) is 16.7 Å². The number of rotatable bonds is 2. The summed E-state index contributed by atoms with van der Waals surface area (Å²) in [6.45, 7) is 4.09. The predicted molar refractivity (Wildman–Crippen MR) is 71.7 cm³/mol. The van der Waals surface area contributed by atoms with Gasteiger partial charge in [-0.3, -0.25) is 4.79 Å². The van der Waals surface area contributed by atoms with E-state index in [4.69, 9.17) is 0 Å². The number of carboxylic acid groups (broad SMARTS) is 1. The quantitative estimate of drug-likeness (QED) is 0.828. The van der Waals surface area contributed by atoms with Crippen LogP contribution < -0.4 is 0 Å². The fourth-order valence-electron chi connectivity index (χ4n) is 2.40. The Morgan fingerprint density at radius 3 is 2.63 bits per heavy atom. The van der Waals surface area contributed by atoms with E-state index in [-0.39, 0.29) is 5.91 Å². The molecule has 0 spiro atoms. The van der Waals surface area contributed by atoms with Gasteiger partial charge in [-0.2, -0.15) is 0 Å². The molecule has 100 valence electrons. The zero-order valence-corrected chi connectivity index (χ0v) is 11.1.